The van der Waals surface area contributed by atoms with Crippen LogP contribution in [-0.4, -0.2) is 39.1 Å². The summed E-state index contributed by atoms with van der Waals surface area (Å²) in [6.45, 7) is 5.20. The molecular formula is C21H25FN6O2S. The summed E-state index contributed by atoms with van der Waals surface area (Å²) in [5.74, 6) is -0.580. The molecule has 1 aromatic carbocycles. The van der Waals surface area contributed by atoms with Gasteiger partial charge in [0.15, 0.2) is 5.13 Å². The van der Waals surface area contributed by atoms with Crippen molar-refractivity contribution in [2.45, 2.75) is 39.4 Å². The molecule has 2 heterocycles. The van der Waals surface area contributed by atoms with E-state index in [0.717, 1.165) is 29.9 Å². The first-order valence-corrected chi connectivity index (χ1v) is 10.8. The Bertz CT molecular complexity index is 988. The second-order valence-electron chi connectivity index (χ2n) is 7.23. The zero-order chi connectivity index (χ0) is 22.2. The van der Waals surface area contributed by atoms with Gasteiger partial charge < -0.3 is 15.2 Å². The number of aryl methyl sites for hydroxylation is 1. The fourth-order valence-electron chi connectivity index (χ4n) is 2.79. The molecule has 2 N–H and O–H groups in total. The maximum absolute atomic E-state index is 13.2. The molecule has 0 spiro atoms. The minimum Gasteiger partial charge on any atom is -0.351 e. The number of nitrogens with zero attached hydrogens (tertiary/aromatic N) is 4. The molecule has 0 saturated carbocycles. The Morgan fingerprint density at radius 3 is 2.71 bits per heavy atom. The molecular weight excluding hydrogens is 419 g/mol. The van der Waals surface area contributed by atoms with Gasteiger partial charge in [-0.25, -0.2) is 19.2 Å². The molecule has 3 aromatic rings. The number of aromatic nitrogens is 3. The van der Waals surface area contributed by atoms with Crippen LogP contribution in [0.4, 0.5) is 14.3 Å². The molecule has 31 heavy (non-hydrogen) atoms. The number of hydrogen-bond acceptors (Lipinski definition) is 5. The van der Waals surface area contributed by atoms with Gasteiger partial charge in [-0.05, 0) is 38.0 Å². The number of imidazole rings is 1. The van der Waals surface area contributed by atoms with Crippen molar-refractivity contribution in [3.05, 3.63) is 65.4 Å². The molecule has 2 aromatic heterocycles. The summed E-state index contributed by atoms with van der Waals surface area (Å²) in [6, 6.07) is 5.53. The van der Waals surface area contributed by atoms with Gasteiger partial charge in [-0.2, -0.15) is 0 Å². The highest BCUT2D eigenvalue weighted by Gasteiger charge is 2.22. The van der Waals surface area contributed by atoms with E-state index < -0.39 is 0 Å². The molecule has 164 valence electrons. The predicted octanol–water partition coefficient (Wildman–Crippen LogP) is 3.42. The SMILES string of the molecule is CC(C)NC(=O)N(Cc1ccc(F)cc1)c1ncc(C(=O)NCCCn2ccnc2)s1. The van der Waals surface area contributed by atoms with E-state index in [-0.39, 0.29) is 30.3 Å². The maximum Gasteiger partial charge on any atom is 0.324 e. The number of hydrogen-bond donors (Lipinski definition) is 2. The molecule has 0 radical (unpaired) electrons. The third kappa shape index (κ3) is 6.61. The summed E-state index contributed by atoms with van der Waals surface area (Å²) < 4.78 is 15.2. The Kier molecular flexibility index (Phi) is 7.71. The van der Waals surface area contributed by atoms with Gasteiger partial charge in [0.2, 0.25) is 0 Å². The van der Waals surface area contributed by atoms with Crippen LogP contribution < -0.4 is 15.5 Å². The largest absolute Gasteiger partial charge is 0.351 e. The van der Waals surface area contributed by atoms with Gasteiger partial charge in [0.1, 0.15) is 10.7 Å². The molecule has 0 bridgehead atoms. The molecule has 0 atom stereocenters. The van der Waals surface area contributed by atoms with E-state index >= 15 is 0 Å². The Hall–Kier alpha value is -3.27. The van der Waals surface area contributed by atoms with Gasteiger partial charge in [0.25, 0.3) is 5.91 Å². The number of halogens is 1. The van der Waals surface area contributed by atoms with Gasteiger partial charge >= 0.3 is 6.03 Å². The van der Waals surface area contributed by atoms with E-state index in [1.54, 1.807) is 24.7 Å². The number of thiazole rings is 1. The molecule has 0 aliphatic heterocycles. The Balaban J connectivity index is 1.64. The molecule has 8 nitrogen and oxygen atoms in total. The van der Waals surface area contributed by atoms with Crippen molar-refractivity contribution >= 4 is 28.4 Å². The zero-order valence-electron chi connectivity index (χ0n) is 17.4. The lowest BCUT2D eigenvalue weighted by atomic mass is 10.2. The topological polar surface area (TPSA) is 92.1 Å². The van der Waals surface area contributed by atoms with Crippen LogP contribution in [0.1, 0.15) is 35.5 Å². The first kappa shape index (κ1) is 22.4. The van der Waals surface area contributed by atoms with E-state index in [2.05, 4.69) is 20.6 Å². The summed E-state index contributed by atoms with van der Waals surface area (Å²) in [6.07, 6.45) is 7.54. The monoisotopic (exact) mass is 444 g/mol. The van der Waals surface area contributed by atoms with Crippen LogP contribution in [0.15, 0.2) is 49.2 Å². The Labute approximate surface area is 184 Å². The number of carbonyl (C=O) groups is 2. The summed E-state index contributed by atoms with van der Waals surface area (Å²) in [5.41, 5.74) is 0.751. The lowest BCUT2D eigenvalue weighted by Gasteiger charge is -2.22. The number of nitrogens with one attached hydrogen (secondary N) is 2. The van der Waals surface area contributed by atoms with Crippen molar-refractivity contribution in [1.29, 1.82) is 0 Å². The van der Waals surface area contributed by atoms with Crippen LogP contribution in [0.5, 0.6) is 0 Å². The smallest absolute Gasteiger partial charge is 0.324 e. The van der Waals surface area contributed by atoms with E-state index in [1.807, 2.05) is 24.6 Å². The summed E-state index contributed by atoms with van der Waals surface area (Å²) in [4.78, 5) is 35.3. The fraction of sp³-hybridized carbons (Fsp3) is 0.333. The van der Waals surface area contributed by atoms with Gasteiger partial charge in [-0.15, -0.1) is 0 Å². The zero-order valence-corrected chi connectivity index (χ0v) is 18.2. The number of rotatable bonds is 9. The number of amides is 3. The first-order valence-electron chi connectivity index (χ1n) is 9.94. The number of anilines is 1. The molecule has 0 aliphatic carbocycles. The van der Waals surface area contributed by atoms with Crippen LogP contribution in [0.3, 0.4) is 0 Å². The highest BCUT2D eigenvalue weighted by molar-refractivity contribution is 7.17. The van der Waals surface area contributed by atoms with Crippen molar-refractivity contribution in [1.82, 2.24) is 25.2 Å². The number of benzene rings is 1. The van der Waals surface area contributed by atoms with Gasteiger partial charge in [0.05, 0.1) is 19.1 Å². The van der Waals surface area contributed by atoms with Crippen molar-refractivity contribution < 1.29 is 14.0 Å². The molecule has 0 unspecified atom stereocenters. The summed E-state index contributed by atoms with van der Waals surface area (Å²) in [7, 11) is 0. The van der Waals surface area contributed by atoms with Gasteiger partial charge in [0, 0.05) is 31.5 Å². The molecule has 0 aliphatic rings. The highest BCUT2D eigenvalue weighted by atomic mass is 32.1. The summed E-state index contributed by atoms with van der Waals surface area (Å²) >= 11 is 1.14. The Morgan fingerprint density at radius 1 is 1.26 bits per heavy atom. The van der Waals surface area contributed by atoms with Crippen LogP contribution >= 0.6 is 11.3 Å². The lowest BCUT2D eigenvalue weighted by Crippen LogP contribution is -2.42. The van der Waals surface area contributed by atoms with Gasteiger partial charge in [-0.3, -0.25) is 9.69 Å². The van der Waals surface area contributed by atoms with Gasteiger partial charge in [-0.1, -0.05) is 23.5 Å². The lowest BCUT2D eigenvalue weighted by molar-refractivity contribution is 0.0956. The Morgan fingerprint density at radius 2 is 2.03 bits per heavy atom. The third-order valence-electron chi connectivity index (χ3n) is 4.30. The van der Waals surface area contributed by atoms with Crippen molar-refractivity contribution in [2.24, 2.45) is 0 Å². The summed E-state index contributed by atoms with van der Waals surface area (Å²) in [5, 5.41) is 6.10. The number of carbonyl (C=O) groups excluding carboxylic acids is 2. The van der Waals surface area contributed by atoms with Crippen molar-refractivity contribution in [3.8, 4) is 0 Å². The average molecular weight is 445 g/mol. The molecule has 0 saturated heterocycles. The highest BCUT2D eigenvalue weighted by Crippen LogP contribution is 2.24. The molecule has 0 fully saturated rings. The molecule has 3 amide bonds. The minimum absolute atomic E-state index is 0.0681. The van der Waals surface area contributed by atoms with Crippen molar-refractivity contribution in [2.75, 3.05) is 11.4 Å². The van der Waals surface area contributed by atoms with Crippen LogP contribution in [-0.2, 0) is 13.1 Å². The number of urea groups is 1. The molecule has 3 rings (SSSR count). The maximum atomic E-state index is 13.2. The third-order valence-corrected chi connectivity index (χ3v) is 5.32. The fourth-order valence-corrected chi connectivity index (χ4v) is 3.62. The second-order valence-corrected chi connectivity index (χ2v) is 8.24. The van der Waals surface area contributed by atoms with Crippen LogP contribution in [0.2, 0.25) is 0 Å². The normalized spacial score (nSPS) is 10.8. The minimum atomic E-state index is -0.344. The standard InChI is InChI=1S/C21H25FN6O2S/c1-15(2)26-20(30)28(13-16-4-6-17(22)7-5-16)21-25-12-18(31-21)19(29)24-8-3-10-27-11-9-23-14-27/h4-7,9,11-12,14-15H,3,8,10,13H2,1-2H3,(H,24,29)(H,26,30). The van der Waals surface area contributed by atoms with Crippen molar-refractivity contribution in [3.63, 3.8) is 0 Å². The second kappa shape index (κ2) is 10.7. The van der Waals surface area contributed by atoms with Crippen LogP contribution in [0.25, 0.3) is 0 Å². The molecule has 10 heteroatoms. The van der Waals surface area contributed by atoms with E-state index in [0.29, 0.717) is 16.6 Å². The van der Waals surface area contributed by atoms with E-state index in [1.165, 1.54) is 23.2 Å². The van der Waals surface area contributed by atoms with E-state index in [4.69, 9.17) is 0 Å². The van der Waals surface area contributed by atoms with E-state index in [9.17, 15) is 14.0 Å². The quantitative estimate of drug-likeness (QED) is 0.495. The van der Waals surface area contributed by atoms with Crippen LogP contribution in [0, 0.1) is 5.82 Å². The average Bonchev–Trinajstić information content (AvgIpc) is 3.42. The predicted molar refractivity (Wildman–Crippen MR) is 118 cm³/mol. The first-order chi connectivity index (χ1) is 14.9.